The SMILES string of the molecule is O=C(N[C@H](CO)[C@H](O)c1ccc(S(=O)(=O)O)cc1)C(Cl)Cl. The fraction of sp³-hybridized carbons (Fsp3) is 0.364. The molecule has 118 valence electrons. The summed E-state index contributed by atoms with van der Waals surface area (Å²) in [7, 11) is -4.34. The maximum absolute atomic E-state index is 11.3. The van der Waals surface area contributed by atoms with Crippen LogP contribution in [0.25, 0.3) is 0 Å². The van der Waals surface area contributed by atoms with Crippen molar-refractivity contribution in [3.63, 3.8) is 0 Å². The zero-order chi connectivity index (χ0) is 16.2. The molecule has 0 heterocycles. The molecular formula is C11H13Cl2NO6S. The van der Waals surface area contributed by atoms with Gasteiger partial charge in [0.1, 0.15) is 6.10 Å². The number of aliphatic hydroxyl groups is 2. The maximum Gasteiger partial charge on any atom is 0.294 e. The first-order valence-corrected chi connectivity index (χ1v) is 7.93. The summed E-state index contributed by atoms with van der Waals surface area (Å²) >= 11 is 10.7. The molecule has 0 aliphatic carbocycles. The van der Waals surface area contributed by atoms with E-state index in [2.05, 4.69) is 5.32 Å². The van der Waals surface area contributed by atoms with Crippen molar-refractivity contribution < 1.29 is 28.0 Å². The van der Waals surface area contributed by atoms with Gasteiger partial charge in [0.2, 0.25) is 0 Å². The van der Waals surface area contributed by atoms with Gasteiger partial charge in [-0.05, 0) is 17.7 Å². The van der Waals surface area contributed by atoms with Crippen LogP contribution in [0.4, 0.5) is 0 Å². The molecule has 0 saturated heterocycles. The van der Waals surface area contributed by atoms with Crippen molar-refractivity contribution >= 4 is 39.2 Å². The van der Waals surface area contributed by atoms with Crippen molar-refractivity contribution in [2.24, 2.45) is 0 Å². The molecule has 0 fully saturated rings. The molecule has 1 rings (SSSR count). The van der Waals surface area contributed by atoms with Gasteiger partial charge >= 0.3 is 0 Å². The second-order valence-electron chi connectivity index (χ2n) is 4.09. The number of benzene rings is 1. The summed E-state index contributed by atoms with van der Waals surface area (Å²) in [6.07, 6.45) is -1.32. The molecule has 0 aliphatic heterocycles. The lowest BCUT2D eigenvalue weighted by Crippen LogP contribution is -2.44. The lowest BCUT2D eigenvalue weighted by Gasteiger charge is -2.23. The van der Waals surface area contributed by atoms with E-state index in [9.17, 15) is 23.4 Å². The van der Waals surface area contributed by atoms with Gasteiger partial charge in [0.15, 0.2) is 4.84 Å². The molecule has 1 aromatic rings. The molecule has 7 nitrogen and oxygen atoms in total. The first-order chi connectivity index (χ1) is 9.66. The number of rotatable bonds is 6. The van der Waals surface area contributed by atoms with Crippen LogP contribution in [0.1, 0.15) is 11.7 Å². The van der Waals surface area contributed by atoms with E-state index in [0.717, 1.165) is 12.1 Å². The van der Waals surface area contributed by atoms with E-state index < -0.39 is 39.6 Å². The van der Waals surface area contributed by atoms with E-state index in [1.165, 1.54) is 12.1 Å². The second-order valence-corrected chi connectivity index (χ2v) is 6.61. The Morgan fingerprint density at radius 2 is 1.76 bits per heavy atom. The molecule has 2 atom stereocenters. The summed E-state index contributed by atoms with van der Waals surface area (Å²) in [4.78, 5) is 9.63. The summed E-state index contributed by atoms with van der Waals surface area (Å²) in [6.45, 7) is -0.590. The maximum atomic E-state index is 11.3. The van der Waals surface area contributed by atoms with Gasteiger partial charge in [-0.3, -0.25) is 9.35 Å². The predicted molar refractivity (Wildman–Crippen MR) is 75.7 cm³/mol. The summed E-state index contributed by atoms with van der Waals surface area (Å²) in [5.41, 5.74) is 0.224. The lowest BCUT2D eigenvalue weighted by atomic mass is 10.0. The van der Waals surface area contributed by atoms with E-state index in [-0.39, 0.29) is 10.5 Å². The van der Waals surface area contributed by atoms with Crippen molar-refractivity contribution in [3.8, 4) is 0 Å². The van der Waals surface area contributed by atoms with E-state index in [0.29, 0.717) is 0 Å². The average Bonchev–Trinajstić information content (AvgIpc) is 2.42. The Morgan fingerprint density at radius 1 is 1.24 bits per heavy atom. The van der Waals surface area contributed by atoms with Crippen LogP contribution >= 0.6 is 23.2 Å². The van der Waals surface area contributed by atoms with Gasteiger partial charge in [-0.15, -0.1) is 0 Å². The van der Waals surface area contributed by atoms with E-state index in [4.69, 9.17) is 27.8 Å². The monoisotopic (exact) mass is 357 g/mol. The predicted octanol–water partition coefficient (Wildman–Crippen LogP) is 0.248. The van der Waals surface area contributed by atoms with E-state index in [1.54, 1.807) is 0 Å². The Bertz CT molecular complexity index is 589. The van der Waals surface area contributed by atoms with E-state index in [1.807, 2.05) is 0 Å². The molecule has 0 bridgehead atoms. The number of alkyl halides is 2. The number of halogens is 2. The molecule has 0 aliphatic rings. The zero-order valence-electron chi connectivity index (χ0n) is 10.5. The Kier molecular flexibility index (Phi) is 6.39. The van der Waals surface area contributed by atoms with Crippen LogP contribution in [0.2, 0.25) is 0 Å². The van der Waals surface area contributed by atoms with Gasteiger partial charge in [0.25, 0.3) is 16.0 Å². The molecule has 0 saturated carbocycles. The van der Waals surface area contributed by atoms with Crippen LogP contribution in [0, 0.1) is 0 Å². The fourth-order valence-corrected chi connectivity index (χ4v) is 2.15. The second kappa shape index (κ2) is 7.39. The number of aliphatic hydroxyl groups excluding tert-OH is 2. The summed E-state index contributed by atoms with van der Waals surface area (Å²) in [5.74, 6) is -0.786. The number of carbonyl (C=O) groups is 1. The molecule has 10 heteroatoms. The molecule has 0 radical (unpaired) electrons. The van der Waals surface area contributed by atoms with Crippen molar-refractivity contribution in [2.75, 3.05) is 6.61 Å². The third-order valence-corrected chi connectivity index (χ3v) is 3.89. The fourth-order valence-electron chi connectivity index (χ4n) is 1.54. The topological polar surface area (TPSA) is 124 Å². The molecule has 4 N–H and O–H groups in total. The van der Waals surface area contributed by atoms with Gasteiger partial charge < -0.3 is 15.5 Å². The smallest absolute Gasteiger partial charge is 0.294 e. The Labute approximate surface area is 131 Å². The average molecular weight is 358 g/mol. The van der Waals surface area contributed by atoms with Gasteiger partial charge in [0, 0.05) is 0 Å². The van der Waals surface area contributed by atoms with Gasteiger partial charge in [-0.2, -0.15) is 8.42 Å². The number of carbonyl (C=O) groups excluding carboxylic acids is 1. The van der Waals surface area contributed by atoms with Crippen molar-refractivity contribution in [1.29, 1.82) is 0 Å². The van der Waals surface area contributed by atoms with Crippen LogP contribution < -0.4 is 5.32 Å². The van der Waals surface area contributed by atoms with E-state index >= 15 is 0 Å². The third kappa shape index (κ3) is 5.10. The zero-order valence-corrected chi connectivity index (χ0v) is 12.8. The third-order valence-electron chi connectivity index (χ3n) is 2.62. The highest BCUT2D eigenvalue weighted by molar-refractivity contribution is 7.85. The normalized spacial score (nSPS) is 14.8. The van der Waals surface area contributed by atoms with Crippen molar-refractivity contribution in [1.82, 2.24) is 5.32 Å². The summed E-state index contributed by atoms with van der Waals surface area (Å²) < 4.78 is 30.6. The highest BCUT2D eigenvalue weighted by Gasteiger charge is 2.24. The highest BCUT2D eigenvalue weighted by Crippen LogP contribution is 2.19. The number of hydrogen-bond acceptors (Lipinski definition) is 5. The largest absolute Gasteiger partial charge is 0.394 e. The van der Waals surface area contributed by atoms with Gasteiger partial charge in [-0.1, -0.05) is 35.3 Å². The molecule has 1 amide bonds. The first-order valence-electron chi connectivity index (χ1n) is 5.61. The standard InChI is InChI=1S/C11H13Cl2NO6S/c12-10(13)11(17)14-8(5-15)9(16)6-1-3-7(4-2-6)21(18,19)20/h1-4,8-10,15-16H,5H2,(H,14,17)(H,18,19,20)/t8-,9-/m1/s1. The van der Waals surface area contributed by atoms with Crippen molar-refractivity contribution in [2.45, 2.75) is 21.9 Å². The molecular weight excluding hydrogens is 345 g/mol. The van der Waals surface area contributed by atoms with Gasteiger partial charge in [-0.25, -0.2) is 0 Å². The number of amides is 1. The number of hydrogen-bond donors (Lipinski definition) is 4. The Morgan fingerprint density at radius 3 is 2.14 bits per heavy atom. The minimum absolute atomic E-state index is 0.224. The molecule has 21 heavy (non-hydrogen) atoms. The van der Waals surface area contributed by atoms with Crippen LogP contribution in [-0.2, 0) is 14.9 Å². The number of nitrogens with one attached hydrogen (secondary N) is 1. The van der Waals surface area contributed by atoms with Crippen LogP contribution in [0.3, 0.4) is 0 Å². The summed E-state index contributed by atoms with van der Waals surface area (Å²) in [5, 5.41) is 21.4. The molecule has 0 spiro atoms. The minimum atomic E-state index is -4.34. The quantitative estimate of drug-likeness (QED) is 0.427. The first kappa shape index (κ1) is 18.1. The molecule has 0 unspecified atom stereocenters. The summed E-state index contributed by atoms with van der Waals surface area (Å²) in [6, 6.07) is 3.56. The molecule has 1 aromatic carbocycles. The Hall–Kier alpha value is -0.900. The van der Waals surface area contributed by atoms with Crippen LogP contribution in [-0.4, -0.2) is 46.6 Å². The lowest BCUT2D eigenvalue weighted by molar-refractivity contribution is -0.121. The minimum Gasteiger partial charge on any atom is -0.394 e. The van der Waals surface area contributed by atoms with Crippen LogP contribution in [0.5, 0.6) is 0 Å². The van der Waals surface area contributed by atoms with Crippen molar-refractivity contribution in [3.05, 3.63) is 29.8 Å². The molecule has 0 aromatic heterocycles. The Balaban J connectivity index is 2.90. The van der Waals surface area contributed by atoms with Gasteiger partial charge in [0.05, 0.1) is 17.5 Å². The highest BCUT2D eigenvalue weighted by atomic mass is 35.5. The van der Waals surface area contributed by atoms with Crippen LogP contribution in [0.15, 0.2) is 29.2 Å².